The summed E-state index contributed by atoms with van der Waals surface area (Å²) in [6.07, 6.45) is 1.72. The molecule has 0 aliphatic heterocycles. The van der Waals surface area contributed by atoms with E-state index in [1.807, 2.05) is 0 Å². The first-order chi connectivity index (χ1) is 7.02. The van der Waals surface area contributed by atoms with E-state index in [2.05, 4.69) is 4.74 Å². The van der Waals surface area contributed by atoms with Crippen molar-refractivity contribution < 1.29 is 23.9 Å². The lowest BCUT2D eigenvalue weighted by Crippen LogP contribution is -2.29. The molecule has 0 radical (unpaired) electrons. The van der Waals surface area contributed by atoms with Crippen molar-refractivity contribution in [3.05, 3.63) is 0 Å². The van der Waals surface area contributed by atoms with E-state index in [9.17, 15) is 14.4 Å². The summed E-state index contributed by atoms with van der Waals surface area (Å²) in [5.41, 5.74) is -1.10. The van der Waals surface area contributed by atoms with Gasteiger partial charge in [-0.25, -0.2) is 4.79 Å². The Bertz CT molecular complexity index is 331. The molecule has 2 saturated carbocycles. The van der Waals surface area contributed by atoms with Gasteiger partial charge in [0.05, 0.1) is 0 Å². The molecule has 2 aliphatic rings. The first kappa shape index (κ1) is 10.1. The molecule has 0 N–H and O–H groups in total. The van der Waals surface area contributed by atoms with Gasteiger partial charge in [-0.05, 0) is 26.2 Å². The average molecular weight is 212 g/mol. The third kappa shape index (κ3) is 1.86. The van der Waals surface area contributed by atoms with Crippen molar-refractivity contribution >= 4 is 17.9 Å². The summed E-state index contributed by atoms with van der Waals surface area (Å²) in [5.74, 6) is -0.985. The summed E-state index contributed by atoms with van der Waals surface area (Å²) in [6.45, 7) is 1.47. The number of rotatable bonds is 2. The lowest BCUT2D eigenvalue weighted by molar-refractivity contribution is -0.147. The molecule has 2 fully saturated rings. The number of carbonyl (C=O) groups excluding carboxylic acids is 3. The molecule has 0 heterocycles. The second kappa shape index (κ2) is 3.32. The van der Waals surface area contributed by atoms with E-state index >= 15 is 0 Å². The molecule has 0 bridgehead atoms. The van der Waals surface area contributed by atoms with Crippen LogP contribution < -0.4 is 0 Å². The fourth-order valence-electron chi connectivity index (χ4n) is 1.30. The van der Waals surface area contributed by atoms with Crippen LogP contribution >= 0.6 is 0 Å². The normalized spacial score (nSPS) is 29.3. The smallest absolute Gasteiger partial charge is 0.431 e. The molecule has 2 rings (SSSR count). The zero-order valence-electron chi connectivity index (χ0n) is 8.45. The van der Waals surface area contributed by atoms with Gasteiger partial charge in [0, 0.05) is 6.42 Å². The average Bonchev–Trinajstić information content (AvgIpc) is 2.69. The van der Waals surface area contributed by atoms with E-state index in [1.165, 1.54) is 6.92 Å². The van der Waals surface area contributed by atoms with Gasteiger partial charge in [-0.1, -0.05) is 0 Å². The van der Waals surface area contributed by atoms with Gasteiger partial charge in [-0.2, -0.15) is 0 Å². The van der Waals surface area contributed by atoms with Crippen molar-refractivity contribution in [2.45, 2.75) is 38.7 Å². The van der Waals surface area contributed by atoms with Crippen molar-refractivity contribution in [2.24, 2.45) is 5.41 Å². The Hall–Kier alpha value is -1.39. The van der Waals surface area contributed by atoms with Crippen molar-refractivity contribution in [3.8, 4) is 0 Å². The lowest BCUT2D eigenvalue weighted by Gasteiger charge is -2.24. The second-order valence-electron chi connectivity index (χ2n) is 4.24. The third-order valence-electron chi connectivity index (χ3n) is 2.95. The number of ether oxygens (including phenoxy) is 2. The fraction of sp³-hybridized carbons (Fsp3) is 0.700. The SMILES string of the molecule is CC1(C(=O)OC(=O)OC2CCC2)CC1=O. The largest absolute Gasteiger partial charge is 0.516 e. The van der Waals surface area contributed by atoms with Crippen LogP contribution in [0, 0.1) is 5.41 Å². The number of esters is 1. The highest BCUT2D eigenvalue weighted by Crippen LogP contribution is 2.41. The van der Waals surface area contributed by atoms with Gasteiger partial charge in [0.1, 0.15) is 11.5 Å². The molecule has 0 aromatic carbocycles. The van der Waals surface area contributed by atoms with Crippen LogP contribution in [0.5, 0.6) is 0 Å². The summed E-state index contributed by atoms with van der Waals surface area (Å²) in [5, 5.41) is 0. The Labute approximate surface area is 86.7 Å². The zero-order valence-corrected chi connectivity index (χ0v) is 8.45. The summed E-state index contributed by atoms with van der Waals surface area (Å²) in [7, 11) is 0. The van der Waals surface area contributed by atoms with Crippen LogP contribution in [0.2, 0.25) is 0 Å². The minimum Gasteiger partial charge on any atom is -0.431 e. The van der Waals surface area contributed by atoms with E-state index in [4.69, 9.17) is 4.74 Å². The first-order valence-corrected chi connectivity index (χ1v) is 4.98. The van der Waals surface area contributed by atoms with Crippen LogP contribution in [0.15, 0.2) is 0 Å². The molecule has 0 aromatic rings. The molecule has 0 spiro atoms. The van der Waals surface area contributed by atoms with Crippen LogP contribution in [0.25, 0.3) is 0 Å². The van der Waals surface area contributed by atoms with Gasteiger partial charge < -0.3 is 9.47 Å². The predicted molar refractivity (Wildman–Crippen MR) is 47.9 cm³/mol. The Morgan fingerprint density at radius 3 is 2.40 bits per heavy atom. The van der Waals surface area contributed by atoms with E-state index in [-0.39, 0.29) is 18.3 Å². The molecule has 1 unspecified atom stereocenters. The van der Waals surface area contributed by atoms with Crippen molar-refractivity contribution in [2.75, 3.05) is 0 Å². The van der Waals surface area contributed by atoms with Crippen LogP contribution in [0.1, 0.15) is 32.6 Å². The van der Waals surface area contributed by atoms with Crippen molar-refractivity contribution in [1.82, 2.24) is 0 Å². The molecule has 2 aliphatic carbocycles. The summed E-state index contributed by atoms with van der Waals surface area (Å²) in [6, 6.07) is 0. The number of ketones is 1. The molecule has 0 aromatic heterocycles. The Morgan fingerprint density at radius 2 is 2.00 bits per heavy atom. The number of carbonyl (C=O) groups is 3. The third-order valence-corrected chi connectivity index (χ3v) is 2.95. The molecule has 15 heavy (non-hydrogen) atoms. The minimum absolute atomic E-state index is 0.118. The van der Waals surface area contributed by atoms with Gasteiger partial charge in [-0.15, -0.1) is 0 Å². The van der Waals surface area contributed by atoms with Gasteiger partial charge in [0.25, 0.3) is 0 Å². The second-order valence-corrected chi connectivity index (χ2v) is 4.24. The maximum absolute atomic E-state index is 11.3. The zero-order chi connectivity index (χ0) is 11.1. The first-order valence-electron chi connectivity index (χ1n) is 4.98. The highest BCUT2D eigenvalue weighted by atomic mass is 16.7. The summed E-state index contributed by atoms with van der Waals surface area (Å²) < 4.78 is 9.26. The summed E-state index contributed by atoms with van der Waals surface area (Å²) >= 11 is 0. The Kier molecular flexibility index (Phi) is 2.25. The quantitative estimate of drug-likeness (QED) is 0.508. The number of hydrogen-bond acceptors (Lipinski definition) is 5. The van der Waals surface area contributed by atoms with Gasteiger partial charge >= 0.3 is 12.1 Å². The molecule has 0 amide bonds. The Morgan fingerprint density at radius 1 is 1.40 bits per heavy atom. The predicted octanol–water partition coefficient (Wildman–Crippen LogP) is 1.20. The molecule has 0 saturated heterocycles. The monoisotopic (exact) mass is 212 g/mol. The molecule has 5 heteroatoms. The van der Waals surface area contributed by atoms with E-state index < -0.39 is 17.5 Å². The lowest BCUT2D eigenvalue weighted by atomic mass is 9.96. The van der Waals surface area contributed by atoms with Crippen LogP contribution in [0.3, 0.4) is 0 Å². The van der Waals surface area contributed by atoms with Crippen LogP contribution in [-0.4, -0.2) is 24.0 Å². The van der Waals surface area contributed by atoms with Gasteiger partial charge in [0.2, 0.25) is 0 Å². The number of Topliss-reactive ketones (excluding diaryl/α,β-unsaturated/α-hetero) is 1. The maximum atomic E-state index is 11.3. The van der Waals surface area contributed by atoms with Gasteiger partial charge in [0.15, 0.2) is 5.78 Å². The Balaban J connectivity index is 1.78. The minimum atomic E-state index is -1.10. The highest BCUT2D eigenvalue weighted by Gasteiger charge is 2.58. The standard InChI is InChI=1S/C10H12O5/c1-10(5-7(10)11)8(12)15-9(13)14-6-3-2-4-6/h6H,2-5H2,1H3. The fourth-order valence-corrected chi connectivity index (χ4v) is 1.30. The van der Waals surface area contributed by atoms with E-state index in [1.54, 1.807) is 0 Å². The van der Waals surface area contributed by atoms with Crippen molar-refractivity contribution in [3.63, 3.8) is 0 Å². The maximum Gasteiger partial charge on any atom is 0.516 e. The summed E-state index contributed by atoms with van der Waals surface area (Å²) in [4.78, 5) is 33.2. The van der Waals surface area contributed by atoms with Crippen LogP contribution in [-0.2, 0) is 19.1 Å². The van der Waals surface area contributed by atoms with Crippen molar-refractivity contribution in [1.29, 1.82) is 0 Å². The van der Waals surface area contributed by atoms with E-state index in [0.29, 0.717) is 0 Å². The topological polar surface area (TPSA) is 69.7 Å². The molecule has 82 valence electrons. The molecular formula is C10H12O5. The van der Waals surface area contributed by atoms with E-state index in [0.717, 1.165) is 19.3 Å². The van der Waals surface area contributed by atoms with Crippen LogP contribution in [0.4, 0.5) is 4.79 Å². The highest BCUT2D eigenvalue weighted by molar-refractivity contribution is 6.18. The molecule has 1 atom stereocenters. The molecular weight excluding hydrogens is 200 g/mol. The van der Waals surface area contributed by atoms with Gasteiger partial charge in [-0.3, -0.25) is 9.59 Å². The number of hydrogen-bond donors (Lipinski definition) is 0. The molecule has 5 nitrogen and oxygen atoms in total.